The molecule has 1 heterocycles. The Balaban J connectivity index is 2.41. The third-order valence-electron chi connectivity index (χ3n) is 3.38. The van der Waals surface area contributed by atoms with E-state index in [4.69, 9.17) is 0 Å². The van der Waals surface area contributed by atoms with Crippen molar-refractivity contribution < 1.29 is 9.59 Å². The molecular formula is C12H22N2O2. The molecule has 1 fully saturated rings. The summed E-state index contributed by atoms with van der Waals surface area (Å²) in [5.41, 5.74) is 0. The molecule has 16 heavy (non-hydrogen) atoms. The smallest absolute Gasteiger partial charge is 0.237 e. The number of carbonyl (C=O) groups is 2. The van der Waals surface area contributed by atoms with E-state index in [1.807, 2.05) is 13.8 Å². The van der Waals surface area contributed by atoms with Crippen molar-refractivity contribution in [2.24, 2.45) is 5.92 Å². The molecule has 1 aliphatic heterocycles. The SMILES string of the molecule is CCNC(=O)C(C)N1CCC(C(C)=O)CC1. The van der Waals surface area contributed by atoms with Crippen molar-refractivity contribution in [2.75, 3.05) is 19.6 Å². The molecule has 1 rings (SSSR count). The van der Waals surface area contributed by atoms with Gasteiger partial charge in [-0.05, 0) is 46.7 Å². The van der Waals surface area contributed by atoms with E-state index in [2.05, 4.69) is 10.2 Å². The zero-order valence-electron chi connectivity index (χ0n) is 10.5. The number of ketones is 1. The number of likely N-dealkylation sites (tertiary alicyclic amines) is 1. The summed E-state index contributed by atoms with van der Waals surface area (Å²) in [5.74, 6) is 0.576. The molecular weight excluding hydrogens is 204 g/mol. The highest BCUT2D eigenvalue weighted by Crippen LogP contribution is 2.19. The van der Waals surface area contributed by atoms with Crippen LogP contribution in [0.5, 0.6) is 0 Å². The predicted octanol–water partition coefficient (Wildman–Crippen LogP) is 0.812. The van der Waals surface area contributed by atoms with Gasteiger partial charge in [-0.2, -0.15) is 0 Å². The monoisotopic (exact) mass is 226 g/mol. The summed E-state index contributed by atoms with van der Waals surface area (Å²) in [4.78, 5) is 25.0. The Morgan fingerprint density at radius 3 is 2.38 bits per heavy atom. The third-order valence-corrected chi connectivity index (χ3v) is 3.38. The van der Waals surface area contributed by atoms with Gasteiger partial charge >= 0.3 is 0 Å². The minimum atomic E-state index is -0.0761. The lowest BCUT2D eigenvalue weighted by Crippen LogP contribution is -2.48. The van der Waals surface area contributed by atoms with Gasteiger partial charge in [0.2, 0.25) is 5.91 Å². The molecule has 92 valence electrons. The molecule has 0 aliphatic carbocycles. The molecule has 1 amide bonds. The second-order valence-electron chi connectivity index (χ2n) is 4.49. The number of hydrogen-bond acceptors (Lipinski definition) is 3. The number of piperidine rings is 1. The quantitative estimate of drug-likeness (QED) is 0.772. The first kappa shape index (κ1) is 13.2. The Hall–Kier alpha value is -0.900. The summed E-state index contributed by atoms with van der Waals surface area (Å²) >= 11 is 0. The molecule has 1 saturated heterocycles. The van der Waals surface area contributed by atoms with Gasteiger partial charge in [0, 0.05) is 12.5 Å². The summed E-state index contributed by atoms with van der Waals surface area (Å²) in [6, 6.07) is -0.0761. The van der Waals surface area contributed by atoms with E-state index >= 15 is 0 Å². The number of rotatable bonds is 4. The highest BCUT2D eigenvalue weighted by atomic mass is 16.2. The zero-order valence-corrected chi connectivity index (χ0v) is 10.5. The van der Waals surface area contributed by atoms with Gasteiger partial charge < -0.3 is 5.32 Å². The summed E-state index contributed by atoms with van der Waals surface area (Å²) in [7, 11) is 0. The van der Waals surface area contributed by atoms with Crippen LogP contribution >= 0.6 is 0 Å². The molecule has 4 nitrogen and oxygen atoms in total. The molecule has 4 heteroatoms. The van der Waals surface area contributed by atoms with Crippen molar-refractivity contribution in [2.45, 2.75) is 39.7 Å². The van der Waals surface area contributed by atoms with Gasteiger partial charge in [0.1, 0.15) is 5.78 Å². The number of amides is 1. The maximum absolute atomic E-state index is 11.6. The van der Waals surface area contributed by atoms with Gasteiger partial charge in [0.25, 0.3) is 0 Å². The van der Waals surface area contributed by atoms with E-state index in [0.717, 1.165) is 25.9 Å². The van der Waals surface area contributed by atoms with Crippen molar-refractivity contribution in [3.05, 3.63) is 0 Å². The lowest BCUT2D eigenvalue weighted by atomic mass is 9.92. The van der Waals surface area contributed by atoms with Crippen LogP contribution in [-0.4, -0.2) is 42.3 Å². The highest BCUT2D eigenvalue weighted by Gasteiger charge is 2.27. The number of Topliss-reactive ketones (excluding diaryl/α,β-unsaturated/α-hetero) is 1. The van der Waals surface area contributed by atoms with E-state index in [0.29, 0.717) is 6.54 Å². The number of hydrogen-bond donors (Lipinski definition) is 1. The first-order valence-electron chi connectivity index (χ1n) is 6.08. The van der Waals surface area contributed by atoms with Crippen molar-refractivity contribution in [3.8, 4) is 0 Å². The molecule has 0 spiro atoms. The standard InChI is InChI=1S/C12H22N2O2/c1-4-13-12(16)9(2)14-7-5-11(6-8-14)10(3)15/h9,11H,4-8H2,1-3H3,(H,13,16). The first-order chi connectivity index (χ1) is 7.56. The molecule has 0 aromatic rings. The molecule has 0 aromatic heterocycles. The topological polar surface area (TPSA) is 49.4 Å². The summed E-state index contributed by atoms with van der Waals surface area (Å²) in [6.45, 7) is 7.89. The van der Waals surface area contributed by atoms with Gasteiger partial charge in [-0.25, -0.2) is 0 Å². The molecule has 1 aliphatic rings. The fourth-order valence-corrected chi connectivity index (χ4v) is 2.18. The van der Waals surface area contributed by atoms with Gasteiger partial charge in [0.15, 0.2) is 0 Å². The van der Waals surface area contributed by atoms with E-state index in [1.54, 1.807) is 6.92 Å². The minimum Gasteiger partial charge on any atom is -0.355 e. The van der Waals surface area contributed by atoms with Crippen molar-refractivity contribution in [1.82, 2.24) is 10.2 Å². The molecule has 1 N–H and O–H groups in total. The molecule has 1 atom stereocenters. The number of nitrogens with zero attached hydrogens (tertiary/aromatic N) is 1. The number of likely N-dealkylation sites (N-methyl/N-ethyl adjacent to an activating group) is 1. The van der Waals surface area contributed by atoms with Crippen LogP contribution in [0.4, 0.5) is 0 Å². The summed E-state index contributed by atoms with van der Waals surface area (Å²) < 4.78 is 0. The summed E-state index contributed by atoms with van der Waals surface area (Å²) in [6.07, 6.45) is 1.78. The number of carbonyl (C=O) groups excluding carboxylic acids is 2. The van der Waals surface area contributed by atoms with Gasteiger partial charge in [0.05, 0.1) is 6.04 Å². The Morgan fingerprint density at radius 2 is 1.94 bits per heavy atom. The van der Waals surface area contributed by atoms with Crippen molar-refractivity contribution in [1.29, 1.82) is 0 Å². The maximum Gasteiger partial charge on any atom is 0.237 e. The second kappa shape index (κ2) is 5.99. The Labute approximate surface area is 97.4 Å². The Kier molecular flexibility index (Phi) is 4.93. The molecule has 0 radical (unpaired) electrons. The van der Waals surface area contributed by atoms with Crippen LogP contribution in [-0.2, 0) is 9.59 Å². The van der Waals surface area contributed by atoms with E-state index in [9.17, 15) is 9.59 Å². The fraction of sp³-hybridized carbons (Fsp3) is 0.833. The van der Waals surface area contributed by atoms with E-state index in [1.165, 1.54) is 0 Å². The van der Waals surface area contributed by atoms with Crippen LogP contribution in [0.15, 0.2) is 0 Å². The van der Waals surface area contributed by atoms with E-state index < -0.39 is 0 Å². The number of nitrogens with one attached hydrogen (secondary N) is 1. The lowest BCUT2D eigenvalue weighted by Gasteiger charge is -2.34. The summed E-state index contributed by atoms with van der Waals surface area (Å²) in [5, 5.41) is 2.83. The van der Waals surface area contributed by atoms with Crippen LogP contribution in [0.25, 0.3) is 0 Å². The zero-order chi connectivity index (χ0) is 12.1. The second-order valence-corrected chi connectivity index (χ2v) is 4.49. The fourth-order valence-electron chi connectivity index (χ4n) is 2.18. The predicted molar refractivity (Wildman–Crippen MR) is 63.1 cm³/mol. The van der Waals surface area contributed by atoms with Gasteiger partial charge in [-0.1, -0.05) is 0 Å². The van der Waals surface area contributed by atoms with Crippen molar-refractivity contribution in [3.63, 3.8) is 0 Å². The van der Waals surface area contributed by atoms with Gasteiger partial charge in [-0.15, -0.1) is 0 Å². The molecule has 0 saturated carbocycles. The Bertz CT molecular complexity index is 258. The molecule has 0 aromatic carbocycles. The van der Waals surface area contributed by atoms with Crippen LogP contribution in [0.1, 0.15) is 33.6 Å². The van der Waals surface area contributed by atoms with Gasteiger partial charge in [-0.3, -0.25) is 14.5 Å². The Morgan fingerprint density at radius 1 is 1.38 bits per heavy atom. The van der Waals surface area contributed by atoms with E-state index in [-0.39, 0.29) is 23.7 Å². The lowest BCUT2D eigenvalue weighted by molar-refractivity contribution is -0.127. The highest BCUT2D eigenvalue weighted by molar-refractivity contribution is 5.81. The first-order valence-corrected chi connectivity index (χ1v) is 6.08. The third kappa shape index (κ3) is 3.30. The van der Waals surface area contributed by atoms with Crippen LogP contribution < -0.4 is 5.32 Å². The largest absolute Gasteiger partial charge is 0.355 e. The molecule has 1 unspecified atom stereocenters. The average molecular weight is 226 g/mol. The average Bonchev–Trinajstić information content (AvgIpc) is 2.28. The van der Waals surface area contributed by atoms with Crippen molar-refractivity contribution >= 4 is 11.7 Å². The minimum absolute atomic E-state index is 0.0761. The normalized spacial score (nSPS) is 20.4. The van der Waals surface area contributed by atoms with Crippen LogP contribution in [0.2, 0.25) is 0 Å². The maximum atomic E-state index is 11.6. The van der Waals surface area contributed by atoms with Crippen LogP contribution in [0.3, 0.4) is 0 Å². The van der Waals surface area contributed by atoms with Crippen LogP contribution in [0, 0.1) is 5.92 Å². The molecule has 0 bridgehead atoms.